The molecule has 108 valence electrons. The molecule has 0 aliphatic carbocycles. The Bertz CT molecular complexity index is 556. The van der Waals surface area contributed by atoms with E-state index in [-0.39, 0.29) is 0 Å². The monoisotopic (exact) mass is 273 g/mol. The van der Waals surface area contributed by atoms with Crippen LogP contribution in [-0.2, 0) is 0 Å². The molecule has 0 atom stereocenters. The third-order valence-electron chi connectivity index (χ3n) is 2.66. The van der Waals surface area contributed by atoms with Crippen molar-refractivity contribution < 1.29 is 9.90 Å². The molecule has 0 saturated carbocycles. The molecule has 2 aromatic carbocycles. The lowest BCUT2D eigenvalue weighted by Gasteiger charge is -2.10. The topological polar surface area (TPSA) is 49.3 Å². The highest BCUT2D eigenvalue weighted by atomic mass is 16.4. The number of nitrogens with one attached hydrogen (secondary N) is 1. The fourth-order valence-corrected chi connectivity index (χ4v) is 1.99. The number of benzene rings is 2. The van der Waals surface area contributed by atoms with Gasteiger partial charge in [0.1, 0.15) is 0 Å². The summed E-state index contributed by atoms with van der Waals surface area (Å²) in [4.78, 5) is 10.6. The molecule has 0 heterocycles. The first kappa shape index (κ1) is 16.2. The molecule has 3 heteroatoms. The Kier molecular flexibility index (Phi) is 6.19. The SMILES string of the molecule is CC(C)NC(C)C.O=C(O)c1ccc2ccccc2c1. The van der Waals surface area contributed by atoms with Gasteiger partial charge >= 0.3 is 5.97 Å². The molecule has 0 aliphatic rings. The van der Waals surface area contributed by atoms with E-state index in [1.165, 1.54) is 0 Å². The number of carboxylic acids is 1. The Balaban J connectivity index is 0.000000246. The lowest BCUT2D eigenvalue weighted by molar-refractivity contribution is 0.0697. The maximum Gasteiger partial charge on any atom is 0.335 e. The van der Waals surface area contributed by atoms with Crippen LogP contribution in [-0.4, -0.2) is 23.2 Å². The number of aromatic carboxylic acids is 1. The summed E-state index contributed by atoms with van der Waals surface area (Å²) in [5.41, 5.74) is 0.332. The van der Waals surface area contributed by atoms with E-state index in [2.05, 4.69) is 33.0 Å². The predicted molar refractivity (Wildman–Crippen MR) is 84.3 cm³/mol. The van der Waals surface area contributed by atoms with E-state index in [1.54, 1.807) is 12.1 Å². The molecule has 0 bridgehead atoms. The molecule has 0 radical (unpaired) electrons. The van der Waals surface area contributed by atoms with E-state index in [0.717, 1.165) is 10.8 Å². The molecule has 0 aromatic heterocycles. The number of carboxylic acid groups (broad SMARTS) is 1. The summed E-state index contributed by atoms with van der Waals surface area (Å²) in [6, 6.07) is 14.1. The molecule has 0 aliphatic heterocycles. The lowest BCUT2D eigenvalue weighted by Crippen LogP contribution is -2.29. The third-order valence-corrected chi connectivity index (χ3v) is 2.66. The Hall–Kier alpha value is -1.87. The van der Waals surface area contributed by atoms with Gasteiger partial charge in [0.25, 0.3) is 0 Å². The van der Waals surface area contributed by atoms with Gasteiger partial charge in [0, 0.05) is 12.1 Å². The molecule has 2 rings (SSSR count). The minimum atomic E-state index is -0.884. The highest BCUT2D eigenvalue weighted by Crippen LogP contribution is 2.15. The maximum absolute atomic E-state index is 10.6. The summed E-state index contributed by atoms with van der Waals surface area (Å²) in [5, 5.41) is 14.1. The first-order chi connectivity index (χ1) is 9.40. The first-order valence-corrected chi connectivity index (χ1v) is 6.88. The largest absolute Gasteiger partial charge is 0.478 e. The molecule has 0 saturated heterocycles. The van der Waals surface area contributed by atoms with Crippen molar-refractivity contribution in [3.63, 3.8) is 0 Å². The Labute approximate surface area is 120 Å². The van der Waals surface area contributed by atoms with Gasteiger partial charge < -0.3 is 10.4 Å². The smallest absolute Gasteiger partial charge is 0.335 e. The van der Waals surface area contributed by atoms with E-state index in [1.807, 2.05) is 30.3 Å². The van der Waals surface area contributed by atoms with Crippen molar-refractivity contribution in [3.05, 3.63) is 48.0 Å². The molecule has 2 N–H and O–H groups in total. The number of fused-ring (bicyclic) bond motifs is 1. The van der Waals surface area contributed by atoms with Gasteiger partial charge in [-0.05, 0) is 22.9 Å². The van der Waals surface area contributed by atoms with Crippen LogP contribution in [0.4, 0.5) is 0 Å². The first-order valence-electron chi connectivity index (χ1n) is 6.88. The Morgan fingerprint density at radius 1 is 0.950 bits per heavy atom. The zero-order valence-corrected chi connectivity index (χ0v) is 12.6. The van der Waals surface area contributed by atoms with Crippen LogP contribution in [0, 0.1) is 0 Å². The van der Waals surface area contributed by atoms with Gasteiger partial charge in [-0.15, -0.1) is 0 Å². The second kappa shape index (κ2) is 7.65. The molecule has 2 aromatic rings. The Morgan fingerprint density at radius 3 is 1.95 bits per heavy atom. The lowest BCUT2D eigenvalue weighted by atomic mass is 10.1. The van der Waals surface area contributed by atoms with E-state index in [4.69, 9.17) is 5.11 Å². The second-order valence-corrected chi connectivity index (χ2v) is 5.34. The number of hydrogen-bond acceptors (Lipinski definition) is 2. The van der Waals surface area contributed by atoms with Gasteiger partial charge in [-0.1, -0.05) is 58.0 Å². The zero-order chi connectivity index (χ0) is 15.1. The quantitative estimate of drug-likeness (QED) is 0.890. The van der Waals surface area contributed by atoms with Crippen LogP contribution in [0.1, 0.15) is 38.1 Å². The molecular formula is C17H23NO2. The summed E-state index contributed by atoms with van der Waals surface area (Å²) in [5.74, 6) is -0.884. The van der Waals surface area contributed by atoms with Crippen molar-refractivity contribution in [3.8, 4) is 0 Å². The minimum absolute atomic E-state index is 0.332. The second-order valence-electron chi connectivity index (χ2n) is 5.34. The maximum atomic E-state index is 10.6. The fraction of sp³-hybridized carbons (Fsp3) is 0.353. The normalized spacial score (nSPS) is 10.5. The van der Waals surface area contributed by atoms with Gasteiger partial charge in [-0.2, -0.15) is 0 Å². The van der Waals surface area contributed by atoms with E-state index in [0.29, 0.717) is 17.6 Å². The number of rotatable bonds is 3. The molecule has 0 fully saturated rings. The van der Waals surface area contributed by atoms with Crippen LogP contribution in [0.3, 0.4) is 0 Å². The van der Waals surface area contributed by atoms with Crippen LogP contribution in [0.2, 0.25) is 0 Å². The summed E-state index contributed by atoms with van der Waals surface area (Å²) in [7, 11) is 0. The highest BCUT2D eigenvalue weighted by Gasteiger charge is 2.01. The van der Waals surface area contributed by atoms with Gasteiger partial charge in [0.15, 0.2) is 0 Å². The summed E-state index contributed by atoms with van der Waals surface area (Å²) >= 11 is 0. The van der Waals surface area contributed by atoms with Crippen LogP contribution >= 0.6 is 0 Å². The van der Waals surface area contributed by atoms with Crippen molar-refractivity contribution in [1.82, 2.24) is 5.32 Å². The van der Waals surface area contributed by atoms with Gasteiger partial charge in [-0.25, -0.2) is 4.79 Å². The van der Waals surface area contributed by atoms with Crippen molar-refractivity contribution in [2.75, 3.05) is 0 Å². The minimum Gasteiger partial charge on any atom is -0.478 e. The zero-order valence-electron chi connectivity index (χ0n) is 12.6. The molecule has 0 spiro atoms. The van der Waals surface area contributed by atoms with Crippen LogP contribution in [0.25, 0.3) is 10.8 Å². The molecule has 0 amide bonds. The number of carbonyl (C=O) groups is 1. The Morgan fingerprint density at radius 2 is 1.50 bits per heavy atom. The van der Waals surface area contributed by atoms with Crippen LogP contribution in [0.15, 0.2) is 42.5 Å². The average Bonchev–Trinajstić information content (AvgIpc) is 2.37. The standard InChI is InChI=1S/C11H8O2.C6H15N/c12-11(13)10-6-5-8-3-1-2-4-9(8)7-10;1-5(2)7-6(3)4/h1-7H,(H,12,13);5-7H,1-4H3. The molecule has 3 nitrogen and oxygen atoms in total. The highest BCUT2D eigenvalue weighted by molar-refractivity contribution is 5.94. The fourth-order valence-electron chi connectivity index (χ4n) is 1.99. The average molecular weight is 273 g/mol. The van der Waals surface area contributed by atoms with Gasteiger partial charge in [0.05, 0.1) is 5.56 Å². The summed E-state index contributed by atoms with van der Waals surface area (Å²) < 4.78 is 0. The van der Waals surface area contributed by atoms with E-state index >= 15 is 0 Å². The summed E-state index contributed by atoms with van der Waals surface area (Å²) in [6.45, 7) is 8.61. The van der Waals surface area contributed by atoms with Crippen molar-refractivity contribution in [1.29, 1.82) is 0 Å². The van der Waals surface area contributed by atoms with Crippen LogP contribution in [0.5, 0.6) is 0 Å². The molecular weight excluding hydrogens is 250 g/mol. The van der Waals surface area contributed by atoms with Crippen molar-refractivity contribution >= 4 is 16.7 Å². The molecule has 20 heavy (non-hydrogen) atoms. The van der Waals surface area contributed by atoms with Crippen molar-refractivity contribution in [2.45, 2.75) is 39.8 Å². The van der Waals surface area contributed by atoms with Crippen molar-refractivity contribution in [2.24, 2.45) is 0 Å². The van der Waals surface area contributed by atoms with Gasteiger partial charge in [0.2, 0.25) is 0 Å². The number of hydrogen-bond donors (Lipinski definition) is 2. The third kappa shape index (κ3) is 5.41. The molecule has 0 unspecified atom stereocenters. The van der Waals surface area contributed by atoms with Gasteiger partial charge in [-0.3, -0.25) is 0 Å². The predicted octanol–water partition coefficient (Wildman–Crippen LogP) is 3.93. The summed E-state index contributed by atoms with van der Waals surface area (Å²) in [6.07, 6.45) is 0. The van der Waals surface area contributed by atoms with Crippen LogP contribution < -0.4 is 5.32 Å². The van der Waals surface area contributed by atoms with E-state index in [9.17, 15) is 4.79 Å². The van der Waals surface area contributed by atoms with E-state index < -0.39 is 5.97 Å².